The van der Waals surface area contributed by atoms with Gasteiger partial charge in [-0.2, -0.15) is 11.1 Å². The summed E-state index contributed by atoms with van der Waals surface area (Å²) < 4.78 is 0. The zero-order valence-corrected chi connectivity index (χ0v) is 33.2. The highest BCUT2D eigenvalue weighted by atomic mass is 15.8. The van der Waals surface area contributed by atoms with Crippen LogP contribution in [0.2, 0.25) is 0 Å². The Balaban J connectivity index is 4.10. The Morgan fingerprint density at radius 2 is 0.108 bits per heavy atom. The van der Waals surface area contributed by atoms with E-state index >= 15 is 0 Å². The quantitative estimate of drug-likeness (QED) is 0.0436. The zero-order valence-electron chi connectivity index (χ0n) is 33.2. The van der Waals surface area contributed by atoms with Crippen molar-refractivity contribution in [3.05, 3.63) is 0 Å². The van der Waals surface area contributed by atoms with Crippen LogP contribution in [0.5, 0.6) is 0 Å². The van der Waals surface area contributed by atoms with Crippen molar-refractivity contribution < 1.29 is 0 Å². The van der Waals surface area contributed by atoms with Crippen molar-refractivity contribution in [2.75, 3.05) is 0 Å². The summed E-state index contributed by atoms with van der Waals surface area (Å²) in [5.41, 5.74) is 12.5. The van der Waals surface area contributed by atoms with Gasteiger partial charge in [0.15, 0.2) is 0 Å². The molecule has 0 aromatic carbocycles. The number of hydrogen-bond acceptors (Lipinski definition) is 2. The third kappa shape index (κ3) is 57.2. The fraction of sp³-hybridized carbons (Fsp3) is 0. The van der Waals surface area contributed by atoms with Crippen LogP contribution in [0.1, 0.15) is 0 Å². The van der Waals surface area contributed by atoms with Crippen molar-refractivity contribution in [3.63, 3.8) is 0 Å². The number of nitrogens with one attached hydrogen (secondary N) is 2. The Morgan fingerprint density at radius 1 is 0.0676 bits per heavy atom. The van der Waals surface area contributed by atoms with Gasteiger partial charge < -0.3 is 0 Å². The maximum Gasteiger partial charge on any atom is 0 e. The SMILES string of the molecule is N=N/N=N/N=N/N=N/N=N/N=N/N=N/N=N/N=N/N=N/N=N/N=N/N=N/N=N/N=N/N=N/N=N/N=N/N=N/N=N/N=N/N=N/N=N/N=N/N=N/N=N/N=N/N=N/N=N/N=N/N=N/N=N/N=N/N=N/N=N/N=N/N=N. The minimum Gasteiger partial charge on any atom is -0.183 e. The molecule has 0 aliphatic rings. The van der Waals surface area contributed by atoms with Gasteiger partial charge in [-0.3, -0.25) is 0 Å². The van der Waals surface area contributed by atoms with Crippen LogP contribution in [0, 0.1) is 11.1 Å². The highest BCUT2D eigenvalue weighted by Gasteiger charge is 1.77. The monoisotopic (exact) mass is 1040 g/mol. The van der Waals surface area contributed by atoms with Crippen molar-refractivity contribution in [3.8, 4) is 0 Å². The molecule has 0 aromatic rings. The Labute approximate surface area is 387 Å². The van der Waals surface area contributed by atoms with Gasteiger partial charge in [-0.05, 0) is 83.6 Å². The number of rotatable bonds is 36. The first-order valence-electron chi connectivity index (χ1n) is 14.6. The maximum absolute atomic E-state index is 6.26. The van der Waals surface area contributed by atoms with E-state index < -0.39 is 0 Å². The first-order chi connectivity index (χ1) is 36.9. The molecule has 0 heterocycles. The van der Waals surface area contributed by atoms with Crippen LogP contribution >= 0.6 is 0 Å². The van der Waals surface area contributed by atoms with Crippen LogP contribution in [-0.4, -0.2) is 0 Å². The topological polar surface area (TPSA) is 938 Å². The van der Waals surface area contributed by atoms with Gasteiger partial charge in [0, 0.05) is 293 Å². The standard InChI is InChI=1S/H2N74/c1-3-5-7-9-11-13-15-17-19-21-23-25-27-29-31-33-35-37-39-41-43-45-47-49-51-53-55-57-59-61-63-65-67-69-71-73-74-72-70-68-66-64-62-60-58-56-54-52-50-48-46-44-42-40-38-36-34-32-30-28-26-24-22-20-18-16-14-12-10-8-6-4-2/h1-2H/b3-1?,4-2?,7-5+,8-6+,11-9+,12-10+,15-13+,16-14+,19-17+,20-18+,23-21+,24-22+,27-25+,28-26+,31-29+,32-30+,35-33+,36-34+,39-37+,40-38+,43-41+,44-42+,47-45+,48-46+,51-49+,52-50+,55-53+,56-54+,59-57+,60-58+,63-61+,64-62+,67-65+,68-66+,71-69+,72-70+,74-73+. The average molecular weight is 1040 g/mol. The summed E-state index contributed by atoms with van der Waals surface area (Å²) in [5.74, 6) is 0. The van der Waals surface area contributed by atoms with E-state index in [2.05, 4.69) is 376 Å². The van der Waals surface area contributed by atoms with E-state index in [0.717, 1.165) is 0 Å². The molecule has 2 N–H and O–H groups in total. The molecule has 74 heteroatoms. The molecular weight excluding hydrogens is 1040 g/mol. The number of hydrogen-bond donors (Lipinski definition) is 2. The first-order valence-corrected chi connectivity index (χ1v) is 14.6. The van der Waals surface area contributed by atoms with Gasteiger partial charge in [0.1, 0.15) is 0 Å². The summed E-state index contributed by atoms with van der Waals surface area (Å²) in [7, 11) is 0. The molecule has 0 fully saturated rings. The summed E-state index contributed by atoms with van der Waals surface area (Å²) in [4.78, 5) is 0. The van der Waals surface area contributed by atoms with Crippen molar-refractivity contribution in [1.82, 2.24) is 0 Å². The Hall–Kier alpha value is -14.8. The molecule has 0 saturated heterocycles. The van der Waals surface area contributed by atoms with Crippen molar-refractivity contribution in [1.29, 1.82) is 11.1 Å². The molecule has 0 spiro atoms. The van der Waals surface area contributed by atoms with Gasteiger partial charge in [0.05, 0.1) is 0 Å². The lowest BCUT2D eigenvalue weighted by Gasteiger charge is -1.70. The van der Waals surface area contributed by atoms with Gasteiger partial charge in [0.2, 0.25) is 0 Å². The van der Waals surface area contributed by atoms with E-state index in [1.807, 2.05) is 0 Å². The Bertz CT molecular complexity index is 2390. The normalized spacial score (nSPS) is 15.4. The highest BCUT2D eigenvalue weighted by Crippen LogP contribution is 1.96. The van der Waals surface area contributed by atoms with Crippen LogP contribution in [0.4, 0.5) is 0 Å². The molecule has 0 aliphatic heterocycles. The fourth-order valence-electron chi connectivity index (χ4n) is 1.26. The van der Waals surface area contributed by atoms with E-state index in [4.69, 9.17) is 11.1 Å². The van der Waals surface area contributed by atoms with Gasteiger partial charge in [0.25, 0.3) is 0 Å². The van der Waals surface area contributed by atoms with E-state index in [1.165, 1.54) is 0 Å². The summed E-state index contributed by atoms with van der Waals surface area (Å²) >= 11 is 0. The number of nitrogens with zero attached hydrogens (tertiary/aromatic N) is 72. The largest absolute Gasteiger partial charge is 0.183 e. The Kier molecular flexibility index (Phi) is 46.6. The molecule has 0 atom stereocenters. The molecule has 74 heavy (non-hydrogen) atoms. The van der Waals surface area contributed by atoms with E-state index in [9.17, 15) is 0 Å². The molecule has 0 aromatic heterocycles. The lowest BCUT2D eigenvalue weighted by Crippen LogP contribution is -1.52. The van der Waals surface area contributed by atoms with E-state index in [-0.39, 0.29) is 0 Å². The highest BCUT2D eigenvalue weighted by molar-refractivity contribution is 4.20. The second-order valence-electron chi connectivity index (χ2n) is 6.46. The minimum atomic E-state index is 2.50. The summed E-state index contributed by atoms with van der Waals surface area (Å²) in [6.45, 7) is 0. The molecule has 0 saturated carbocycles. The minimum absolute atomic E-state index is 2.50. The van der Waals surface area contributed by atoms with Crippen molar-refractivity contribution >= 4 is 0 Å². The molecule has 0 radical (unpaired) electrons. The predicted octanol–water partition coefficient (Wildman–Crippen LogP) is 13.8. The molecule has 0 rings (SSSR count). The smallest absolute Gasteiger partial charge is 0 e. The summed E-state index contributed by atoms with van der Waals surface area (Å²) in [6, 6.07) is 0. The average Bonchev–Trinajstić information content (AvgIpc) is 3.41. The van der Waals surface area contributed by atoms with Gasteiger partial charge in [-0.15, -0.1) is 0 Å². The van der Waals surface area contributed by atoms with Crippen LogP contribution < -0.4 is 0 Å². The third-order valence-electron chi connectivity index (χ3n) is 2.85. The summed E-state index contributed by atoms with van der Waals surface area (Å²) in [5, 5.41) is 213. The van der Waals surface area contributed by atoms with Crippen LogP contribution in [0.25, 0.3) is 0 Å². The van der Waals surface area contributed by atoms with E-state index in [1.54, 1.807) is 0 Å². The second-order valence-corrected chi connectivity index (χ2v) is 6.46. The van der Waals surface area contributed by atoms with Crippen molar-refractivity contribution in [2.45, 2.75) is 0 Å². The lowest BCUT2D eigenvalue weighted by molar-refractivity contribution is 0.723. The molecule has 74 nitrogen and oxygen atoms in total. The van der Waals surface area contributed by atoms with Gasteiger partial charge in [-0.1, -0.05) is 0 Å². The zero-order chi connectivity index (χ0) is 52.9. The molecule has 372 valence electrons. The Morgan fingerprint density at radius 3 is 0.149 bits per heavy atom. The van der Waals surface area contributed by atoms with E-state index in [0.29, 0.717) is 0 Å². The van der Waals surface area contributed by atoms with Crippen molar-refractivity contribution in [2.24, 2.45) is 376 Å². The third-order valence-corrected chi connectivity index (χ3v) is 2.85. The fourth-order valence-corrected chi connectivity index (χ4v) is 1.26. The van der Waals surface area contributed by atoms with Gasteiger partial charge in [-0.25, -0.2) is 0 Å². The van der Waals surface area contributed by atoms with Crippen LogP contribution in [-0.2, 0) is 0 Å². The maximum atomic E-state index is 6.26. The molecule has 0 aliphatic carbocycles. The lowest BCUT2D eigenvalue weighted by atomic mass is 12.3. The first kappa shape index (κ1) is 59.2. The van der Waals surface area contributed by atoms with Gasteiger partial charge >= 0.3 is 0 Å². The molecule has 0 bridgehead atoms. The summed E-state index contributed by atoms with van der Waals surface area (Å²) in [6.07, 6.45) is 0. The molecular formula is H2N74. The molecule has 0 amide bonds. The van der Waals surface area contributed by atoms with Crippen LogP contribution in [0.3, 0.4) is 0 Å². The second kappa shape index (κ2) is 58.2. The predicted molar refractivity (Wildman–Crippen MR) is 180 cm³/mol. The molecule has 0 unspecified atom stereocenters. The van der Waals surface area contributed by atoms with Crippen LogP contribution in [0.15, 0.2) is 376 Å².